The fraction of sp³-hybridized carbons (Fsp3) is 0.438. The molecule has 1 heterocycles. The van der Waals surface area contributed by atoms with E-state index in [2.05, 4.69) is 5.32 Å². The van der Waals surface area contributed by atoms with Crippen molar-refractivity contribution in [2.24, 2.45) is 0 Å². The number of aldehydes is 1. The lowest BCUT2D eigenvalue weighted by atomic mass is 10.0. The van der Waals surface area contributed by atoms with Crippen molar-refractivity contribution >= 4 is 18.2 Å². The highest BCUT2D eigenvalue weighted by atomic mass is 16.5. The van der Waals surface area contributed by atoms with Gasteiger partial charge in [0.05, 0.1) is 11.6 Å². The molecule has 1 fully saturated rings. The number of hydrogen-bond acceptors (Lipinski definition) is 5. The molecule has 2 unspecified atom stereocenters. The number of nitrogens with zero attached hydrogens (tertiary/aromatic N) is 1. The molecule has 118 valence electrons. The molecule has 0 spiro atoms. The van der Waals surface area contributed by atoms with Crippen molar-refractivity contribution in [3.63, 3.8) is 0 Å². The maximum Gasteiger partial charge on any atom is 0.344 e. The molecule has 2 atom stereocenters. The van der Waals surface area contributed by atoms with E-state index >= 15 is 0 Å². The Balaban J connectivity index is 2.10. The van der Waals surface area contributed by atoms with E-state index in [0.717, 1.165) is 11.8 Å². The number of carbonyl (C=O) groups excluding carboxylic acids is 3. The van der Waals surface area contributed by atoms with E-state index in [4.69, 9.17) is 4.74 Å². The van der Waals surface area contributed by atoms with Crippen LogP contribution in [0, 0.1) is 0 Å². The Kier molecular flexibility index (Phi) is 4.61. The number of nitrogens with one attached hydrogen (secondary N) is 1. The average molecular weight is 304 g/mol. The third-order valence-electron chi connectivity index (χ3n) is 3.75. The Morgan fingerprint density at radius 1 is 1.36 bits per heavy atom. The van der Waals surface area contributed by atoms with Gasteiger partial charge in [-0.25, -0.2) is 4.79 Å². The van der Waals surface area contributed by atoms with E-state index in [-0.39, 0.29) is 12.5 Å². The molecular weight excluding hydrogens is 284 g/mol. The summed E-state index contributed by atoms with van der Waals surface area (Å²) in [5, 5.41) is 2.58. The molecule has 6 heteroatoms. The normalized spacial score (nSPS) is 22.2. The monoisotopic (exact) mass is 304 g/mol. The van der Waals surface area contributed by atoms with Gasteiger partial charge in [0.15, 0.2) is 6.17 Å². The van der Waals surface area contributed by atoms with Crippen molar-refractivity contribution in [3.8, 4) is 0 Å². The van der Waals surface area contributed by atoms with Gasteiger partial charge in [-0.05, 0) is 26.3 Å². The largest absolute Gasteiger partial charge is 0.458 e. The molecule has 0 aliphatic carbocycles. The van der Waals surface area contributed by atoms with Crippen molar-refractivity contribution in [2.45, 2.75) is 45.1 Å². The minimum Gasteiger partial charge on any atom is -0.458 e. The number of rotatable bonds is 5. The highest BCUT2D eigenvalue weighted by molar-refractivity contribution is 5.92. The molecule has 1 aliphatic heterocycles. The van der Waals surface area contributed by atoms with Gasteiger partial charge in [0, 0.05) is 0 Å². The molecule has 22 heavy (non-hydrogen) atoms. The van der Waals surface area contributed by atoms with Gasteiger partial charge in [-0.2, -0.15) is 0 Å². The first kappa shape index (κ1) is 16.2. The lowest BCUT2D eigenvalue weighted by Gasteiger charge is -2.35. The lowest BCUT2D eigenvalue weighted by molar-refractivity contribution is -0.154. The van der Waals surface area contributed by atoms with Crippen LogP contribution >= 0.6 is 0 Å². The summed E-state index contributed by atoms with van der Waals surface area (Å²) in [6.45, 7) is 5.10. The van der Waals surface area contributed by atoms with Crippen molar-refractivity contribution in [2.75, 3.05) is 0 Å². The fourth-order valence-corrected chi connectivity index (χ4v) is 2.55. The van der Waals surface area contributed by atoms with Crippen molar-refractivity contribution in [1.82, 2.24) is 10.2 Å². The summed E-state index contributed by atoms with van der Waals surface area (Å²) in [5.74, 6) is -0.868. The first-order valence-electron chi connectivity index (χ1n) is 7.12. The molecule has 0 radical (unpaired) electrons. The number of amides is 1. The maximum atomic E-state index is 12.3. The summed E-state index contributed by atoms with van der Waals surface area (Å²) in [4.78, 5) is 37.0. The van der Waals surface area contributed by atoms with Gasteiger partial charge < -0.3 is 14.8 Å². The van der Waals surface area contributed by atoms with Gasteiger partial charge in [-0.1, -0.05) is 30.3 Å². The number of benzene rings is 1. The van der Waals surface area contributed by atoms with E-state index in [0.29, 0.717) is 0 Å². The van der Waals surface area contributed by atoms with Gasteiger partial charge in [0.1, 0.15) is 12.9 Å². The Bertz CT molecular complexity index is 571. The van der Waals surface area contributed by atoms with E-state index in [1.54, 1.807) is 20.8 Å². The molecule has 0 saturated carbocycles. The molecule has 0 bridgehead atoms. The van der Waals surface area contributed by atoms with Crippen LogP contribution in [0.4, 0.5) is 0 Å². The van der Waals surface area contributed by atoms with Gasteiger partial charge >= 0.3 is 5.97 Å². The molecule has 2 rings (SSSR count). The summed E-state index contributed by atoms with van der Waals surface area (Å²) in [6, 6.07) is 8.69. The minimum atomic E-state index is -0.952. The van der Waals surface area contributed by atoms with Crippen LogP contribution in [0.2, 0.25) is 0 Å². The highest BCUT2D eigenvalue weighted by Crippen LogP contribution is 2.24. The van der Waals surface area contributed by atoms with Gasteiger partial charge in [0.2, 0.25) is 5.91 Å². The number of esters is 1. The minimum absolute atomic E-state index is 0.121. The number of carbonyl (C=O) groups is 3. The summed E-state index contributed by atoms with van der Waals surface area (Å²) in [7, 11) is 0. The van der Waals surface area contributed by atoms with Crippen molar-refractivity contribution in [3.05, 3.63) is 35.9 Å². The van der Waals surface area contributed by atoms with E-state index < -0.39 is 23.7 Å². The summed E-state index contributed by atoms with van der Waals surface area (Å²) < 4.78 is 5.27. The number of hydrogen-bond donors (Lipinski definition) is 1. The van der Waals surface area contributed by atoms with Crippen LogP contribution in [-0.4, -0.2) is 40.8 Å². The molecule has 6 nitrogen and oxygen atoms in total. The average Bonchev–Trinajstić information content (AvgIpc) is 2.82. The Hall–Kier alpha value is -2.21. The zero-order valence-corrected chi connectivity index (χ0v) is 12.9. The molecule has 1 aromatic rings. The molecule has 1 saturated heterocycles. The van der Waals surface area contributed by atoms with Crippen LogP contribution < -0.4 is 5.32 Å². The second kappa shape index (κ2) is 6.27. The second-order valence-corrected chi connectivity index (χ2v) is 5.86. The fourth-order valence-electron chi connectivity index (χ4n) is 2.55. The maximum absolute atomic E-state index is 12.3. The van der Waals surface area contributed by atoms with E-state index in [9.17, 15) is 14.4 Å². The van der Waals surface area contributed by atoms with E-state index in [1.165, 1.54) is 4.90 Å². The van der Waals surface area contributed by atoms with Crippen LogP contribution in [0.25, 0.3) is 0 Å². The SMILES string of the molecule is CC1C(=O)NC(C(=O)OCc2ccccc2)N1C(C)(C)C=O. The zero-order valence-electron chi connectivity index (χ0n) is 12.9. The quantitative estimate of drug-likeness (QED) is 0.645. The van der Waals surface area contributed by atoms with Crippen LogP contribution in [0.3, 0.4) is 0 Å². The molecule has 1 aliphatic rings. The Morgan fingerprint density at radius 2 is 2.00 bits per heavy atom. The summed E-state index contributed by atoms with van der Waals surface area (Å²) >= 11 is 0. The first-order chi connectivity index (χ1) is 10.4. The molecule has 1 amide bonds. The van der Waals surface area contributed by atoms with Gasteiger partial charge in [-0.15, -0.1) is 0 Å². The summed E-state index contributed by atoms with van der Waals surface area (Å²) in [5.41, 5.74) is -0.0935. The van der Waals surface area contributed by atoms with Gasteiger partial charge in [0.25, 0.3) is 0 Å². The van der Waals surface area contributed by atoms with Crippen molar-refractivity contribution < 1.29 is 19.1 Å². The molecule has 1 N–H and O–H groups in total. The molecular formula is C16H20N2O4. The third kappa shape index (κ3) is 3.17. The van der Waals surface area contributed by atoms with Crippen LogP contribution in [0.5, 0.6) is 0 Å². The first-order valence-corrected chi connectivity index (χ1v) is 7.12. The smallest absolute Gasteiger partial charge is 0.344 e. The number of ether oxygens (including phenoxy) is 1. The van der Waals surface area contributed by atoms with E-state index in [1.807, 2.05) is 30.3 Å². The topological polar surface area (TPSA) is 75.7 Å². The Labute approximate surface area is 129 Å². The predicted molar refractivity (Wildman–Crippen MR) is 79.6 cm³/mol. The van der Waals surface area contributed by atoms with Crippen LogP contribution in [0.1, 0.15) is 26.3 Å². The standard InChI is InChI=1S/C16H20N2O4/c1-11-14(20)17-13(18(11)16(2,3)10-19)15(21)22-9-12-7-5-4-6-8-12/h4-8,10-11,13H,9H2,1-3H3,(H,17,20). The summed E-state index contributed by atoms with van der Waals surface area (Å²) in [6.07, 6.45) is -0.229. The van der Waals surface area contributed by atoms with Crippen molar-refractivity contribution in [1.29, 1.82) is 0 Å². The van der Waals surface area contributed by atoms with Gasteiger partial charge in [-0.3, -0.25) is 9.69 Å². The lowest BCUT2D eigenvalue weighted by Crippen LogP contribution is -2.56. The Morgan fingerprint density at radius 3 is 2.59 bits per heavy atom. The zero-order chi connectivity index (χ0) is 16.3. The highest BCUT2D eigenvalue weighted by Gasteiger charge is 2.48. The second-order valence-electron chi connectivity index (χ2n) is 5.86. The predicted octanol–water partition coefficient (Wildman–Crippen LogP) is 0.854. The van der Waals surface area contributed by atoms with Crippen LogP contribution in [-0.2, 0) is 25.7 Å². The molecule has 0 aromatic heterocycles. The molecule has 1 aromatic carbocycles. The third-order valence-corrected chi connectivity index (χ3v) is 3.75. The van der Waals surface area contributed by atoms with Crippen LogP contribution in [0.15, 0.2) is 30.3 Å².